The number of ether oxygens (including phenoxy) is 1. The number of pyridine rings is 1. The Labute approximate surface area is 101 Å². The summed E-state index contributed by atoms with van der Waals surface area (Å²) in [5, 5.41) is 3.13. The smallest absolute Gasteiger partial charge is 0.126 e. The van der Waals surface area contributed by atoms with Crippen molar-refractivity contribution in [3.05, 3.63) is 48.3 Å². The van der Waals surface area contributed by atoms with Crippen LogP contribution in [-0.2, 0) is 6.54 Å². The first-order chi connectivity index (χ1) is 8.36. The number of benzene rings is 1. The normalized spacial score (nSPS) is 10.2. The van der Waals surface area contributed by atoms with Crippen LogP contribution in [0.3, 0.4) is 0 Å². The second-order valence-corrected chi connectivity index (χ2v) is 3.73. The van der Waals surface area contributed by atoms with Gasteiger partial charge < -0.3 is 10.1 Å². The zero-order valence-corrected chi connectivity index (χ0v) is 10.1. The summed E-state index contributed by atoms with van der Waals surface area (Å²) < 4.78 is 5.38. The summed E-state index contributed by atoms with van der Waals surface area (Å²) in [5.41, 5.74) is 3.21. The van der Waals surface area contributed by atoms with Crippen molar-refractivity contribution in [2.45, 2.75) is 6.54 Å². The first kappa shape index (κ1) is 11.6. The van der Waals surface area contributed by atoms with Crippen LogP contribution in [0.4, 0.5) is 0 Å². The van der Waals surface area contributed by atoms with E-state index >= 15 is 0 Å². The molecule has 3 heteroatoms. The van der Waals surface area contributed by atoms with Crippen molar-refractivity contribution in [2.75, 3.05) is 14.2 Å². The molecular weight excluding hydrogens is 212 g/mol. The predicted octanol–water partition coefficient (Wildman–Crippen LogP) is 2.48. The molecule has 0 unspecified atom stereocenters. The second kappa shape index (κ2) is 5.46. The average Bonchev–Trinajstić information content (AvgIpc) is 2.40. The third-order valence-corrected chi connectivity index (χ3v) is 2.63. The van der Waals surface area contributed by atoms with Crippen molar-refractivity contribution in [3.8, 4) is 16.9 Å². The topological polar surface area (TPSA) is 34.2 Å². The Morgan fingerprint density at radius 3 is 2.65 bits per heavy atom. The van der Waals surface area contributed by atoms with E-state index in [1.54, 1.807) is 7.11 Å². The summed E-state index contributed by atoms with van der Waals surface area (Å²) in [5.74, 6) is 0.873. The molecule has 0 saturated carbocycles. The highest BCUT2D eigenvalue weighted by Crippen LogP contribution is 2.30. The van der Waals surface area contributed by atoms with Crippen molar-refractivity contribution < 1.29 is 4.74 Å². The van der Waals surface area contributed by atoms with Gasteiger partial charge in [0.2, 0.25) is 0 Å². The summed E-state index contributed by atoms with van der Waals surface area (Å²) in [7, 11) is 3.60. The molecule has 0 spiro atoms. The predicted molar refractivity (Wildman–Crippen MR) is 69.0 cm³/mol. The summed E-state index contributed by atoms with van der Waals surface area (Å²) in [4.78, 5) is 4.40. The monoisotopic (exact) mass is 228 g/mol. The van der Waals surface area contributed by atoms with Crippen LogP contribution in [0.25, 0.3) is 11.1 Å². The number of para-hydroxylation sites is 1. The maximum Gasteiger partial charge on any atom is 0.126 e. The summed E-state index contributed by atoms with van der Waals surface area (Å²) >= 11 is 0. The zero-order chi connectivity index (χ0) is 12.1. The minimum absolute atomic E-state index is 0.744. The molecule has 1 aromatic carbocycles. The molecule has 1 aromatic heterocycles. The Kier molecular flexibility index (Phi) is 3.73. The highest BCUT2D eigenvalue weighted by Gasteiger charge is 2.09. The second-order valence-electron chi connectivity index (χ2n) is 3.73. The van der Waals surface area contributed by atoms with Crippen LogP contribution in [0.1, 0.15) is 5.69 Å². The first-order valence-electron chi connectivity index (χ1n) is 5.58. The van der Waals surface area contributed by atoms with Crippen LogP contribution in [-0.4, -0.2) is 19.1 Å². The van der Waals surface area contributed by atoms with E-state index in [9.17, 15) is 0 Å². The van der Waals surface area contributed by atoms with E-state index in [2.05, 4.69) is 22.4 Å². The number of hydrogen-bond acceptors (Lipinski definition) is 3. The van der Waals surface area contributed by atoms with Gasteiger partial charge in [-0.2, -0.15) is 0 Å². The van der Waals surface area contributed by atoms with E-state index in [4.69, 9.17) is 4.74 Å². The third kappa shape index (κ3) is 2.45. The maximum absolute atomic E-state index is 5.38. The lowest BCUT2D eigenvalue weighted by Crippen LogP contribution is -2.08. The Morgan fingerprint density at radius 2 is 1.88 bits per heavy atom. The van der Waals surface area contributed by atoms with E-state index in [0.29, 0.717) is 0 Å². The Morgan fingerprint density at radius 1 is 1.12 bits per heavy atom. The molecule has 2 aromatic rings. The van der Waals surface area contributed by atoms with E-state index in [-0.39, 0.29) is 0 Å². The van der Waals surface area contributed by atoms with Crippen molar-refractivity contribution in [2.24, 2.45) is 0 Å². The number of nitrogens with zero attached hydrogens (tertiary/aromatic N) is 1. The number of aromatic nitrogens is 1. The fraction of sp³-hybridized carbons (Fsp3) is 0.214. The summed E-state index contributed by atoms with van der Waals surface area (Å²) in [6.45, 7) is 0.744. The number of rotatable bonds is 4. The number of methoxy groups -OCH3 is 1. The van der Waals surface area contributed by atoms with Gasteiger partial charge in [-0.1, -0.05) is 24.3 Å². The van der Waals surface area contributed by atoms with Gasteiger partial charge in [-0.15, -0.1) is 0 Å². The molecule has 0 bridgehead atoms. The molecule has 1 N–H and O–H groups in total. The van der Waals surface area contributed by atoms with Gasteiger partial charge in [0.05, 0.1) is 12.8 Å². The van der Waals surface area contributed by atoms with Crippen molar-refractivity contribution in [3.63, 3.8) is 0 Å². The maximum atomic E-state index is 5.38. The molecule has 3 nitrogen and oxygen atoms in total. The fourth-order valence-corrected chi connectivity index (χ4v) is 1.86. The molecule has 0 aliphatic rings. The van der Waals surface area contributed by atoms with E-state index in [1.807, 2.05) is 37.5 Å². The molecule has 1 heterocycles. The molecule has 0 amide bonds. The Bertz CT molecular complexity index is 497. The number of nitrogens with one attached hydrogen (secondary N) is 1. The highest BCUT2D eigenvalue weighted by atomic mass is 16.5. The first-order valence-corrected chi connectivity index (χ1v) is 5.58. The van der Waals surface area contributed by atoms with Gasteiger partial charge in [-0.05, 0) is 19.2 Å². The molecule has 88 valence electrons. The van der Waals surface area contributed by atoms with Gasteiger partial charge in [-0.25, -0.2) is 0 Å². The van der Waals surface area contributed by atoms with Crippen LogP contribution < -0.4 is 10.1 Å². The standard InChI is InChI=1S/C14H16N2O/c1-15-10-13-11(7-5-9-16-13)12-6-3-4-8-14(12)17-2/h3-9,15H,10H2,1-2H3. The molecule has 0 aliphatic carbocycles. The van der Waals surface area contributed by atoms with Crippen LogP contribution >= 0.6 is 0 Å². The average molecular weight is 228 g/mol. The Hall–Kier alpha value is -1.87. The van der Waals surface area contributed by atoms with Crippen LogP contribution in [0, 0.1) is 0 Å². The van der Waals surface area contributed by atoms with Gasteiger partial charge in [0.25, 0.3) is 0 Å². The molecule has 0 saturated heterocycles. The fourth-order valence-electron chi connectivity index (χ4n) is 1.86. The van der Waals surface area contributed by atoms with E-state index in [0.717, 1.165) is 29.1 Å². The van der Waals surface area contributed by atoms with Crippen molar-refractivity contribution >= 4 is 0 Å². The lowest BCUT2D eigenvalue weighted by Gasteiger charge is -2.11. The summed E-state index contributed by atoms with van der Waals surface area (Å²) in [6.07, 6.45) is 1.81. The van der Waals surface area contributed by atoms with E-state index < -0.39 is 0 Å². The van der Waals surface area contributed by atoms with Crippen molar-refractivity contribution in [1.82, 2.24) is 10.3 Å². The lowest BCUT2D eigenvalue weighted by molar-refractivity contribution is 0.416. The van der Waals surface area contributed by atoms with Crippen LogP contribution in [0.15, 0.2) is 42.6 Å². The van der Waals surface area contributed by atoms with Gasteiger partial charge >= 0.3 is 0 Å². The Balaban J connectivity index is 2.52. The molecule has 0 radical (unpaired) electrons. The molecule has 0 atom stereocenters. The van der Waals surface area contributed by atoms with Gasteiger partial charge in [0.15, 0.2) is 0 Å². The van der Waals surface area contributed by atoms with Crippen LogP contribution in [0.2, 0.25) is 0 Å². The van der Waals surface area contributed by atoms with Crippen molar-refractivity contribution in [1.29, 1.82) is 0 Å². The zero-order valence-electron chi connectivity index (χ0n) is 10.1. The largest absolute Gasteiger partial charge is 0.496 e. The minimum atomic E-state index is 0.744. The molecule has 0 fully saturated rings. The van der Waals surface area contributed by atoms with Crippen LogP contribution in [0.5, 0.6) is 5.75 Å². The lowest BCUT2D eigenvalue weighted by atomic mass is 10.0. The van der Waals surface area contributed by atoms with Gasteiger partial charge in [0.1, 0.15) is 5.75 Å². The highest BCUT2D eigenvalue weighted by molar-refractivity contribution is 5.72. The SMILES string of the molecule is CNCc1ncccc1-c1ccccc1OC. The van der Waals surface area contributed by atoms with Gasteiger partial charge in [-0.3, -0.25) is 4.98 Å². The summed E-state index contributed by atoms with van der Waals surface area (Å²) in [6, 6.07) is 12.0. The van der Waals surface area contributed by atoms with Gasteiger partial charge in [0, 0.05) is 23.9 Å². The molecule has 2 rings (SSSR count). The number of hydrogen-bond donors (Lipinski definition) is 1. The third-order valence-electron chi connectivity index (χ3n) is 2.63. The van der Waals surface area contributed by atoms with E-state index in [1.165, 1.54) is 0 Å². The minimum Gasteiger partial charge on any atom is -0.496 e. The molecular formula is C14H16N2O. The molecule has 0 aliphatic heterocycles. The quantitative estimate of drug-likeness (QED) is 0.873. The molecule has 17 heavy (non-hydrogen) atoms.